The Morgan fingerprint density at radius 3 is 2.06 bits per heavy atom. The van der Waals surface area contributed by atoms with Gasteiger partial charge in [0.2, 0.25) is 15.9 Å². The minimum Gasteiger partial charge on any atom is -0.494 e. The van der Waals surface area contributed by atoms with E-state index in [-0.39, 0.29) is 29.1 Å². The van der Waals surface area contributed by atoms with Gasteiger partial charge in [0, 0.05) is 23.7 Å². The standard InChI is InChI=1S/C35H43F2N3O5S.C2HF3O2/c1-2-3-18-44-29-15-10-25(11-16-29)35(36,37)33(34(41)40-27-12-13-28(40)22-26(38)21-27)39-46(42,43)32-17-9-23-19-31(14-8-24(23)20-32)45-30-6-4-5-7-30;3-2(4,5)1(6)7/h8-11,14-17,19-20,26-28,30,33,39H,2-7,12-13,18,21-22,38H2,1H3;(H,6,7). The Morgan fingerprint density at radius 2 is 1.47 bits per heavy atom. The van der Waals surface area contributed by atoms with Crippen molar-refractivity contribution in [3.8, 4) is 11.5 Å². The number of carbonyl (C=O) groups is 2. The second-order valence-electron chi connectivity index (χ2n) is 13.8. The number of sulfonamides is 1. The first kappa shape index (κ1) is 40.2. The first-order chi connectivity index (χ1) is 25.0. The van der Waals surface area contributed by atoms with Crippen LogP contribution in [0.5, 0.6) is 11.5 Å². The molecule has 6 rings (SSSR count). The monoisotopic (exact) mass is 769 g/mol. The number of carboxylic acid groups (broad SMARTS) is 1. The molecule has 290 valence electrons. The number of fused-ring (bicyclic) bond motifs is 3. The van der Waals surface area contributed by atoms with Gasteiger partial charge in [-0.05, 0) is 117 Å². The van der Waals surface area contributed by atoms with Crippen LogP contribution in [0.2, 0.25) is 0 Å². The van der Waals surface area contributed by atoms with Gasteiger partial charge in [-0.3, -0.25) is 4.79 Å². The molecule has 3 aliphatic rings. The van der Waals surface area contributed by atoms with Gasteiger partial charge in [0.15, 0.2) is 6.04 Å². The van der Waals surface area contributed by atoms with Crippen molar-refractivity contribution >= 4 is 32.7 Å². The normalized spacial score (nSPS) is 21.2. The number of alkyl halides is 5. The van der Waals surface area contributed by atoms with E-state index < -0.39 is 45.6 Å². The smallest absolute Gasteiger partial charge is 0.490 e. The molecule has 3 aromatic carbocycles. The van der Waals surface area contributed by atoms with Gasteiger partial charge >= 0.3 is 12.1 Å². The highest BCUT2D eigenvalue weighted by Crippen LogP contribution is 2.40. The molecule has 16 heteroatoms. The number of rotatable bonds is 12. The second-order valence-corrected chi connectivity index (χ2v) is 15.5. The lowest BCUT2D eigenvalue weighted by molar-refractivity contribution is -0.192. The molecule has 2 bridgehead atoms. The maximum Gasteiger partial charge on any atom is 0.490 e. The molecule has 2 aliphatic heterocycles. The quantitative estimate of drug-likeness (QED) is 0.133. The van der Waals surface area contributed by atoms with Crippen LogP contribution in [-0.2, 0) is 25.5 Å². The van der Waals surface area contributed by atoms with E-state index in [4.69, 9.17) is 25.1 Å². The number of ether oxygens (including phenoxy) is 2. The summed E-state index contributed by atoms with van der Waals surface area (Å²) < 4.78 is 106. The number of aliphatic carboxylic acids is 1. The number of hydrogen-bond acceptors (Lipinski definition) is 7. The van der Waals surface area contributed by atoms with Crippen LogP contribution in [-0.4, -0.2) is 73.4 Å². The van der Waals surface area contributed by atoms with E-state index in [9.17, 15) is 26.4 Å². The minimum absolute atomic E-state index is 0.126. The topological polar surface area (TPSA) is 148 Å². The Labute approximate surface area is 304 Å². The molecule has 3 unspecified atom stereocenters. The second kappa shape index (κ2) is 16.6. The van der Waals surface area contributed by atoms with Crippen LogP contribution >= 0.6 is 0 Å². The van der Waals surface area contributed by atoms with Gasteiger partial charge in [-0.2, -0.15) is 26.7 Å². The van der Waals surface area contributed by atoms with E-state index in [0.29, 0.717) is 49.2 Å². The van der Waals surface area contributed by atoms with Crippen molar-refractivity contribution in [2.75, 3.05) is 6.61 Å². The molecule has 3 atom stereocenters. The zero-order chi connectivity index (χ0) is 38.6. The van der Waals surface area contributed by atoms with Gasteiger partial charge in [0.25, 0.3) is 5.92 Å². The molecule has 1 amide bonds. The summed E-state index contributed by atoms with van der Waals surface area (Å²) in [4.78, 5) is 24.2. The zero-order valence-electron chi connectivity index (χ0n) is 29.2. The molecule has 0 radical (unpaired) electrons. The molecular weight excluding hydrogens is 725 g/mol. The summed E-state index contributed by atoms with van der Waals surface area (Å²) in [6.07, 6.45) is 3.42. The molecule has 4 N–H and O–H groups in total. The molecule has 1 saturated carbocycles. The Bertz CT molecular complexity index is 1840. The lowest BCUT2D eigenvalue weighted by Crippen LogP contribution is -2.60. The highest BCUT2D eigenvalue weighted by molar-refractivity contribution is 7.89. The summed E-state index contributed by atoms with van der Waals surface area (Å²) in [5.74, 6) is -6.43. The van der Waals surface area contributed by atoms with E-state index in [2.05, 4.69) is 4.72 Å². The molecule has 3 aromatic rings. The van der Waals surface area contributed by atoms with E-state index in [1.807, 2.05) is 13.0 Å². The maximum absolute atomic E-state index is 16.5. The number of nitrogens with one attached hydrogen (secondary N) is 1. The molecule has 1 aliphatic carbocycles. The number of nitrogens with two attached hydrogens (primary N) is 1. The third-order valence-electron chi connectivity index (χ3n) is 9.85. The number of carbonyl (C=O) groups excluding carboxylic acids is 1. The van der Waals surface area contributed by atoms with Crippen LogP contribution in [0.15, 0.2) is 65.6 Å². The third kappa shape index (κ3) is 9.75. The number of hydrogen-bond donors (Lipinski definition) is 3. The number of nitrogens with zero attached hydrogens (tertiary/aromatic N) is 1. The highest BCUT2D eigenvalue weighted by atomic mass is 32.2. The summed E-state index contributed by atoms with van der Waals surface area (Å²) in [7, 11) is -4.56. The number of piperidine rings is 1. The molecule has 2 saturated heterocycles. The lowest BCUT2D eigenvalue weighted by atomic mass is 9.94. The Hall–Kier alpha value is -4.02. The molecule has 53 heavy (non-hydrogen) atoms. The fourth-order valence-corrected chi connectivity index (χ4v) is 8.37. The van der Waals surface area contributed by atoms with Gasteiger partial charge < -0.3 is 25.2 Å². The summed E-state index contributed by atoms with van der Waals surface area (Å²) in [6.45, 7) is 2.47. The number of benzene rings is 3. The zero-order valence-corrected chi connectivity index (χ0v) is 30.0. The van der Waals surface area contributed by atoms with Crippen LogP contribution in [0, 0.1) is 0 Å². The summed E-state index contributed by atoms with van der Waals surface area (Å²) in [5, 5.41) is 8.49. The van der Waals surface area contributed by atoms with Gasteiger partial charge in [-0.25, -0.2) is 13.2 Å². The van der Waals surface area contributed by atoms with Crippen LogP contribution in [0.3, 0.4) is 0 Å². The van der Waals surface area contributed by atoms with Crippen LogP contribution in [0.4, 0.5) is 22.0 Å². The van der Waals surface area contributed by atoms with Crippen molar-refractivity contribution < 1.29 is 54.5 Å². The Balaban J connectivity index is 0.000000705. The van der Waals surface area contributed by atoms with Crippen molar-refractivity contribution in [2.45, 2.75) is 118 Å². The Morgan fingerprint density at radius 1 is 0.906 bits per heavy atom. The van der Waals surface area contributed by atoms with Gasteiger partial charge in [0.05, 0.1) is 17.6 Å². The Kier molecular flexibility index (Phi) is 12.5. The van der Waals surface area contributed by atoms with Crippen LogP contribution in [0.25, 0.3) is 10.8 Å². The number of halogens is 5. The predicted molar refractivity (Wildman–Crippen MR) is 186 cm³/mol. The van der Waals surface area contributed by atoms with Crippen molar-refractivity contribution in [3.05, 3.63) is 66.2 Å². The average Bonchev–Trinajstić information content (AvgIpc) is 3.72. The van der Waals surface area contributed by atoms with Gasteiger partial charge in [0.1, 0.15) is 11.5 Å². The van der Waals surface area contributed by atoms with Crippen molar-refractivity contribution in [2.24, 2.45) is 5.73 Å². The first-order valence-corrected chi connectivity index (χ1v) is 19.2. The average molecular weight is 770 g/mol. The fourth-order valence-electron chi connectivity index (χ4n) is 7.15. The van der Waals surface area contributed by atoms with Crippen LogP contribution < -0.4 is 19.9 Å². The summed E-state index contributed by atoms with van der Waals surface area (Å²) in [5.41, 5.74) is 5.70. The predicted octanol–water partition coefficient (Wildman–Crippen LogP) is 6.89. The van der Waals surface area contributed by atoms with E-state index in [1.54, 1.807) is 18.2 Å². The summed E-state index contributed by atoms with van der Waals surface area (Å²) in [6, 6.07) is 12.0. The number of amides is 1. The third-order valence-corrected chi connectivity index (χ3v) is 11.3. The van der Waals surface area contributed by atoms with Gasteiger partial charge in [-0.1, -0.05) is 25.5 Å². The molecule has 0 spiro atoms. The lowest BCUT2D eigenvalue weighted by Gasteiger charge is -2.41. The maximum atomic E-state index is 16.5. The highest BCUT2D eigenvalue weighted by Gasteiger charge is 2.53. The number of carboxylic acids is 1. The van der Waals surface area contributed by atoms with E-state index in [1.165, 1.54) is 41.3 Å². The molecule has 3 fully saturated rings. The van der Waals surface area contributed by atoms with Gasteiger partial charge in [-0.15, -0.1) is 0 Å². The summed E-state index contributed by atoms with van der Waals surface area (Å²) >= 11 is 0. The number of unbranched alkanes of at least 4 members (excludes halogenated alkanes) is 1. The van der Waals surface area contributed by atoms with E-state index in [0.717, 1.165) is 43.9 Å². The SMILES string of the molecule is CCCCOc1ccc(C(F)(F)C(NS(=O)(=O)c2ccc3cc(OC4CCCC4)ccc3c2)C(=O)N2C3CCC2CC(N)C3)cc1.O=C(O)C(F)(F)F. The largest absolute Gasteiger partial charge is 0.494 e. The first-order valence-electron chi connectivity index (χ1n) is 17.7. The van der Waals surface area contributed by atoms with Crippen molar-refractivity contribution in [3.63, 3.8) is 0 Å². The van der Waals surface area contributed by atoms with E-state index >= 15 is 8.78 Å². The molecular formula is C37H44F5N3O7S. The molecule has 10 nitrogen and oxygen atoms in total. The minimum atomic E-state index is -5.08. The fraction of sp³-hybridized carbons (Fsp3) is 0.514. The van der Waals surface area contributed by atoms with Crippen molar-refractivity contribution in [1.29, 1.82) is 0 Å². The molecule has 2 heterocycles. The van der Waals surface area contributed by atoms with Crippen molar-refractivity contribution in [1.82, 2.24) is 9.62 Å². The molecule has 0 aromatic heterocycles. The van der Waals surface area contributed by atoms with Crippen LogP contribution in [0.1, 0.15) is 76.7 Å².